The van der Waals surface area contributed by atoms with Crippen LogP contribution >= 0.6 is 0 Å². The van der Waals surface area contributed by atoms with Gasteiger partial charge >= 0.3 is 12.1 Å². The van der Waals surface area contributed by atoms with E-state index in [4.69, 9.17) is 5.11 Å². The van der Waals surface area contributed by atoms with Crippen LogP contribution in [0.3, 0.4) is 0 Å². The normalized spacial score (nSPS) is 23.4. The van der Waals surface area contributed by atoms with Crippen molar-refractivity contribution in [3.8, 4) is 0 Å². The second kappa shape index (κ2) is 7.50. The first-order valence-electron chi connectivity index (χ1n) is 6.87. The lowest BCUT2D eigenvalue weighted by atomic mass is 9.85. The Balaban J connectivity index is 2.17. The molecule has 1 aliphatic rings. The first-order valence-corrected chi connectivity index (χ1v) is 6.87. The number of unbranched alkanes of at least 4 members (excludes halogenated alkanes) is 1. The molecule has 4 nitrogen and oxygen atoms in total. The number of halogens is 3. The Morgan fingerprint density at radius 2 is 1.60 bits per heavy atom. The second-order valence-corrected chi connectivity index (χ2v) is 5.26. The zero-order chi connectivity index (χ0) is 15.2. The Hall–Kier alpha value is -1.27. The smallest absolute Gasteiger partial charge is 0.391 e. The first-order chi connectivity index (χ1) is 9.29. The van der Waals surface area contributed by atoms with Crippen LogP contribution in [0.25, 0.3) is 0 Å². The molecule has 1 aliphatic carbocycles. The van der Waals surface area contributed by atoms with Crippen molar-refractivity contribution in [3.05, 3.63) is 0 Å². The second-order valence-electron chi connectivity index (χ2n) is 5.26. The highest BCUT2D eigenvalue weighted by atomic mass is 19.4. The van der Waals surface area contributed by atoms with Gasteiger partial charge in [-0.1, -0.05) is 0 Å². The molecule has 1 rings (SSSR count). The predicted molar refractivity (Wildman–Crippen MR) is 66.0 cm³/mol. The number of carbonyl (C=O) groups excluding carboxylic acids is 1. The average molecular weight is 295 g/mol. The molecule has 0 aromatic rings. The number of aliphatic carboxylic acids is 1. The molecule has 0 aliphatic heterocycles. The Labute approximate surface area is 115 Å². The summed E-state index contributed by atoms with van der Waals surface area (Å²) in [7, 11) is 0. The molecule has 1 amide bonds. The third-order valence-electron chi connectivity index (χ3n) is 3.60. The Morgan fingerprint density at radius 1 is 1.05 bits per heavy atom. The van der Waals surface area contributed by atoms with Crippen molar-refractivity contribution in [2.45, 2.75) is 63.6 Å². The molecule has 0 saturated heterocycles. The molecule has 0 spiro atoms. The number of amides is 1. The fraction of sp³-hybridized carbons (Fsp3) is 0.846. The van der Waals surface area contributed by atoms with Gasteiger partial charge in [-0.15, -0.1) is 0 Å². The maximum atomic E-state index is 12.5. The molecule has 20 heavy (non-hydrogen) atoms. The van der Waals surface area contributed by atoms with E-state index < -0.39 is 18.1 Å². The number of rotatable bonds is 6. The molecule has 1 saturated carbocycles. The molecule has 0 heterocycles. The van der Waals surface area contributed by atoms with E-state index in [1.807, 2.05) is 0 Å². The van der Waals surface area contributed by atoms with Crippen LogP contribution in [0.1, 0.15) is 51.4 Å². The van der Waals surface area contributed by atoms with E-state index >= 15 is 0 Å². The zero-order valence-electron chi connectivity index (χ0n) is 11.2. The summed E-state index contributed by atoms with van der Waals surface area (Å²) in [4.78, 5) is 21.8. The summed E-state index contributed by atoms with van der Waals surface area (Å²) >= 11 is 0. The van der Waals surface area contributed by atoms with Crippen molar-refractivity contribution in [1.82, 2.24) is 5.32 Å². The standard InChI is InChI=1S/C13H20F3NO3/c14-13(15,16)9-5-7-10(8-6-9)17-11(18)3-1-2-4-12(19)20/h9-10H,1-8H2,(H,17,18)(H,19,20). The molecule has 0 aromatic carbocycles. The first kappa shape index (κ1) is 16.8. The third kappa shape index (κ3) is 6.25. The van der Waals surface area contributed by atoms with E-state index in [1.54, 1.807) is 0 Å². The van der Waals surface area contributed by atoms with E-state index in [2.05, 4.69) is 5.32 Å². The maximum Gasteiger partial charge on any atom is 0.391 e. The molecule has 2 N–H and O–H groups in total. The molecule has 0 aromatic heterocycles. The molecule has 0 unspecified atom stereocenters. The number of carboxylic acids is 1. The van der Waals surface area contributed by atoms with Gasteiger partial charge in [0.05, 0.1) is 5.92 Å². The van der Waals surface area contributed by atoms with Crippen molar-refractivity contribution in [1.29, 1.82) is 0 Å². The van der Waals surface area contributed by atoms with E-state index in [1.165, 1.54) is 0 Å². The lowest BCUT2D eigenvalue weighted by Gasteiger charge is -2.30. The quantitative estimate of drug-likeness (QED) is 0.740. The number of hydrogen-bond acceptors (Lipinski definition) is 2. The molecule has 0 bridgehead atoms. The number of carboxylic acid groups (broad SMARTS) is 1. The Bertz CT molecular complexity index is 336. The number of carbonyl (C=O) groups is 2. The summed E-state index contributed by atoms with van der Waals surface area (Å²) in [5, 5.41) is 11.2. The highest BCUT2D eigenvalue weighted by Gasteiger charge is 2.41. The van der Waals surface area contributed by atoms with Gasteiger partial charge < -0.3 is 10.4 Å². The lowest BCUT2D eigenvalue weighted by Crippen LogP contribution is -2.39. The largest absolute Gasteiger partial charge is 0.481 e. The fourth-order valence-corrected chi connectivity index (χ4v) is 2.43. The van der Waals surface area contributed by atoms with Crippen molar-refractivity contribution < 1.29 is 27.9 Å². The lowest BCUT2D eigenvalue weighted by molar-refractivity contribution is -0.182. The van der Waals surface area contributed by atoms with Gasteiger partial charge in [-0.3, -0.25) is 9.59 Å². The van der Waals surface area contributed by atoms with Gasteiger partial charge in [0.2, 0.25) is 5.91 Å². The zero-order valence-corrected chi connectivity index (χ0v) is 11.2. The van der Waals surface area contributed by atoms with E-state index in [-0.39, 0.29) is 37.6 Å². The summed E-state index contributed by atoms with van der Waals surface area (Å²) in [6, 6.07) is -0.180. The van der Waals surface area contributed by atoms with Crippen molar-refractivity contribution in [2.75, 3.05) is 0 Å². The Kier molecular flexibility index (Phi) is 6.29. The van der Waals surface area contributed by atoms with E-state index in [0.717, 1.165) is 0 Å². The van der Waals surface area contributed by atoms with Gasteiger partial charge in [0.1, 0.15) is 0 Å². The summed E-state index contributed by atoms with van der Waals surface area (Å²) in [6.45, 7) is 0. The van der Waals surface area contributed by atoms with Gasteiger partial charge in [-0.05, 0) is 38.5 Å². The van der Waals surface area contributed by atoms with Gasteiger partial charge in [-0.25, -0.2) is 0 Å². The summed E-state index contributed by atoms with van der Waals surface area (Å²) in [6.07, 6.45) is -2.13. The van der Waals surface area contributed by atoms with Crippen molar-refractivity contribution >= 4 is 11.9 Å². The van der Waals surface area contributed by atoms with Crippen LogP contribution in [-0.4, -0.2) is 29.2 Å². The topological polar surface area (TPSA) is 66.4 Å². The fourth-order valence-electron chi connectivity index (χ4n) is 2.43. The van der Waals surface area contributed by atoms with Crippen LogP contribution in [-0.2, 0) is 9.59 Å². The van der Waals surface area contributed by atoms with Crippen LogP contribution in [0.15, 0.2) is 0 Å². The molecular formula is C13H20F3NO3. The molecule has 7 heteroatoms. The minimum Gasteiger partial charge on any atom is -0.481 e. The van der Waals surface area contributed by atoms with E-state index in [0.29, 0.717) is 25.7 Å². The minimum absolute atomic E-state index is 0.0317. The summed E-state index contributed by atoms with van der Waals surface area (Å²) in [5.41, 5.74) is 0. The monoisotopic (exact) mass is 295 g/mol. The Morgan fingerprint density at radius 3 is 2.10 bits per heavy atom. The summed E-state index contributed by atoms with van der Waals surface area (Å²) in [5.74, 6) is -2.34. The van der Waals surface area contributed by atoms with Crippen molar-refractivity contribution in [3.63, 3.8) is 0 Å². The van der Waals surface area contributed by atoms with Crippen molar-refractivity contribution in [2.24, 2.45) is 5.92 Å². The van der Waals surface area contributed by atoms with Gasteiger partial charge in [0.25, 0.3) is 0 Å². The maximum absolute atomic E-state index is 12.5. The third-order valence-corrected chi connectivity index (χ3v) is 3.60. The van der Waals surface area contributed by atoms with Gasteiger partial charge in [0, 0.05) is 18.9 Å². The van der Waals surface area contributed by atoms with Crippen LogP contribution in [0.5, 0.6) is 0 Å². The molecule has 0 radical (unpaired) electrons. The molecule has 0 atom stereocenters. The van der Waals surface area contributed by atoms with Gasteiger partial charge in [-0.2, -0.15) is 13.2 Å². The molecular weight excluding hydrogens is 275 g/mol. The average Bonchev–Trinajstić information content (AvgIpc) is 2.34. The predicted octanol–water partition coefficient (Wildman–Crippen LogP) is 2.87. The van der Waals surface area contributed by atoms with Crippen LogP contribution < -0.4 is 5.32 Å². The van der Waals surface area contributed by atoms with Gasteiger partial charge in [0.15, 0.2) is 0 Å². The summed E-state index contributed by atoms with van der Waals surface area (Å²) < 4.78 is 37.4. The number of nitrogens with one attached hydrogen (secondary N) is 1. The minimum atomic E-state index is -4.13. The van der Waals surface area contributed by atoms with E-state index in [9.17, 15) is 22.8 Å². The highest BCUT2D eigenvalue weighted by molar-refractivity contribution is 5.76. The van der Waals surface area contributed by atoms with Crippen LogP contribution in [0.2, 0.25) is 0 Å². The molecule has 116 valence electrons. The SMILES string of the molecule is O=C(O)CCCCC(=O)NC1CCC(C(F)(F)F)CC1. The molecule has 1 fully saturated rings. The highest BCUT2D eigenvalue weighted by Crippen LogP contribution is 2.37. The van der Waals surface area contributed by atoms with Crippen LogP contribution in [0, 0.1) is 5.92 Å². The number of hydrogen-bond donors (Lipinski definition) is 2. The van der Waals surface area contributed by atoms with Crippen LogP contribution in [0.4, 0.5) is 13.2 Å². The number of alkyl halides is 3.